The molecule has 0 aliphatic rings. The van der Waals surface area contributed by atoms with Crippen LogP contribution in [0, 0.1) is 0 Å². The van der Waals surface area contributed by atoms with E-state index in [1.165, 1.54) is 0 Å². The predicted molar refractivity (Wildman–Crippen MR) is 77.6 cm³/mol. The number of benzene rings is 1. The van der Waals surface area contributed by atoms with Crippen molar-refractivity contribution >= 4 is 21.8 Å². The van der Waals surface area contributed by atoms with Crippen molar-refractivity contribution in [3.05, 3.63) is 24.3 Å². The van der Waals surface area contributed by atoms with Crippen LogP contribution in [0.15, 0.2) is 34.1 Å². The van der Waals surface area contributed by atoms with Crippen LogP contribution in [0.2, 0.25) is 0 Å². The molecule has 102 valence electrons. The average molecular weight is 287 g/mol. The van der Waals surface area contributed by atoms with Crippen LogP contribution in [-0.2, 0) is 10.0 Å². The van der Waals surface area contributed by atoms with Gasteiger partial charge in [-0.3, -0.25) is 0 Å². The van der Waals surface area contributed by atoms with Crippen molar-refractivity contribution in [3.63, 3.8) is 0 Å². The molecule has 0 heterocycles. The van der Waals surface area contributed by atoms with Crippen molar-refractivity contribution < 1.29 is 8.42 Å². The highest BCUT2D eigenvalue weighted by molar-refractivity contribution is 7.98. The highest BCUT2D eigenvalue weighted by atomic mass is 32.2. The highest BCUT2D eigenvalue weighted by Crippen LogP contribution is 2.20. The van der Waals surface area contributed by atoms with Gasteiger partial charge in [0, 0.05) is 18.0 Å². The van der Waals surface area contributed by atoms with Gasteiger partial charge in [-0.1, -0.05) is 13.8 Å². The van der Waals surface area contributed by atoms with E-state index in [1.807, 2.05) is 32.2 Å². The quantitative estimate of drug-likeness (QED) is 0.723. The van der Waals surface area contributed by atoms with Gasteiger partial charge >= 0.3 is 0 Å². The molecule has 0 unspecified atom stereocenters. The first kappa shape index (κ1) is 15.5. The molecule has 0 fully saturated rings. The number of sulfonamides is 1. The van der Waals surface area contributed by atoms with Gasteiger partial charge in [0.2, 0.25) is 10.0 Å². The standard InChI is InChI=1S/C13H21NO2S2/c1-4-10-14(11-5-2)18(15,16)13-8-6-12(17-3)7-9-13/h6-9H,4-5,10-11H2,1-3H3. The normalized spacial score (nSPS) is 12.0. The fraction of sp³-hybridized carbons (Fsp3) is 0.538. The van der Waals surface area contributed by atoms with Gasteiger partial charge in [0.1, 0.15) is 0 Å². The first-order chi connectivity index (χ1) is 8.56. The summed E-state index contributed by atoms with van der Waals surface area (Å²) >= 11 is 1.61. The minimum absolute atomic E-state index is 0.391. The topological polar surface area (TPSA) is 37.4 Å². The van der Waals surface area contributed by atoms with Crippen molar-refractivity contribution in [1.29, 1.82) is 0 Å². The third kappa shape index (κ3) is 3.73. The van der Waals surface area contributed by atoms with Crippen molar-refractivity contribution in [2.24, 2.45) is 0 Å². The third-order valence-electron chi connectivity index (χ3n) is 2.64. The first-order valence-electron chi connectivity index (χ1n) is 6.20. The van der Waals surface area contributed by atoms with Gasteiger partial charge in [-0.2, -0.15) is 4.31 Å². The molecule has 0 aliphatic carbocycles. The molecule has 0 N–H and O–H groups in total. The van der Waals surface area contributed by atoms with Gasteiger partial charge in [0.05, 0.1) is 4.90 Å². The summed E-state index contributed by atoms with van der Waals surface area (Å²) in [5, 5.41) is 0. The van der Waals surface area contributed by atoms with Crippen molar-refractivity contribution in [3.8, 4) is 0 Å². The molecule has 0 atom stereocenters. The lowest BCUT2D eigenvalue weighted by molar-refractivity contribution is 0.410. The van der Waals surface area contributed by atoms with Crippen molar-refractivity contribution in [1.82, 2.24) is 4.31 Å². The van der Waals surface area contributed by atoms with Gasteiger partial charge in [0.15, 0.2) is 0 Å². The molecular weight excluding hydrogens is 266 g/mol. The zero-order chi connectivity index (χ0) is 13.6. The Hall–Kier alpha value is -0.520. The second-order valence-electron chi connectivity index (χ2n) is 4.08. The van der Waals surface area contributed by atoms with Gasteiger partial charge in [-0.15, -0.1) is 11.8 Å². The maximum Gasteiger partial charge on any atom is 0.243 e. The summed E-state index contributed by atoms with van der Waals surface area (Å²) in [5.41, 5.74) is 0. The minimum Gasteiger partial charge on any atom is -0.207 e. The smallest absolute Gasteiger partial charge is 0.207 e. The Morgan fingerprint density at radius 3 is 1.94 bits per heavy atom. The SMILES string of the molecule is CCCN(CCC)S(=O)(=O)c1ccc(SC)cc1. The lowest BCUT2D eigenvalue weighted by atomic mass is 10.4. The van der Waals surface area contributed by atoms with Crippen LogP contribution in [0.1, 0.15) is 26.7 Å². The largest absolute Gasteiger partial charge is 0.243 e. The molecule has 1 rings (SSSR count). The maximum atomic E-state index is 12.4. The summed E-state index contributed by atoms with van der Waals surface area (Å²) in [7, 11) is -3.33. The molecular formula is C13H21NO2S2. The average Bonchev–Trinajstić information content (AvgIpc) is 2.38. The number of rotatable bonds is 7. The molecule has 18 heavy (non-hydrogen) atoms. The Balaban J connectivity index is 3.01. The van der Waals surface area contributed by atoms with E-state index >= 15 is 0 Å². The lowest BCUT2D eigenvalue weighted by Gasteiger charge is -2.21. The van der Waals surface area contributed by atoms with Gasteiger partial charge in [-0.05, 0) is 43.4 Å². The summed E-state index contributed by atoms with van der Waals surface area (Å²) in [5.74, 6) is 0. The van der Waals surface area contributed by atoms with Crippen molar-refractivity contribution in [2.75, 3.05) is 19.3 Å². The van der Waals surface area contributed by atoms with Crippen LogP contribution in [0.4, 0.5) is 0 Å². The Morgan fingerprint density at radius 1 is 1.06 bits per heavy atom. The van der Waals surface area contributed by atoms with E-state index < -0.39 is 10.0 Å². The summed E-state index contributed by atoms with van der Waals surface area (Å²) in [6.45, 7) is 5.16. The number of hydrogen-bond acceptors (Lipinski definition) is 3. The van der Waals surface area contributed by atoms with E-state index in [1.54, 1.807) is 28.2 Å². The third-order valence-corrected chi connectivity index (χ3v) is 5.30. The molecule has 0 bridgehead atoms. The Labute approximate surface area is 115 Å². The van der Waals surface area contributed by atoms with E-state index in [-0.39, 0.29) is 0 Å². The zero-order valence-corrected chi connectivity index (χ0v) is 12.9. The van der Waals surface area contributed by atoms with Crippen LogP contribution in [0.3, 0.4) is 0 Å². The van der Waals surface area contributed by atoms with E-state index in [0.717, 1.165) is 17.7 Å². The molecule has 0 saturated heterocycles. The van der Waals surface area contributed by atoms with Crippen LogP contribution < -0.4 is 0 Å². The molecule has 3 nitrogen and oxygen atoms in total. The molecule has 0 aromatic heterocycles. The number of nitrogens with zero attached hydrogens (tertiary/aromatic N) is 1. The van der Waals surface area contributed by atoms with Crippen LogP contribution >= 0.6 is 11.8 Å². The Kier molecular flexibility index (Phi) is 6.18. The van der Waals surface area contributed by atoms with Crippen molar-refractivity contribution in [2.45, 2.75) is 36.5 Å². The minimum atomic E-state index is -3.33. The highest BCUT2D eigenvalue weighted by Gasteiger charge is 2.22. The Morgan fingerprint density at radius 2 is 1.56 bits per heavy atom. The van der Waals surface area contributed by atoms with Crippen LogP contribution in [0.25, 0.3) is 0 Å². The zero-order valence-electron chi connectivity index (χ0n) is 11.2. The van der Waals surface area contributed by atoms with Crippen LogP contribution in [0.5, 0.6) is 0 Å². The summed E-state index contributed by atoms with van der Waals surface area (Å²) in [6.07, 6.45) is 3.65. The molecule has 5 heteroatoms. The molecule has 0 spiro atoms. The molecule has 1 aromatic carbocycles. The van der Waals surface area contributed by atoms with E-state index in [2.05, 4.69) is 0 Å². The number of thioether (sulfide) groups is 1. The molecule has 1 aromatic rings. The van der Waals surface area contributed by atoms with Gasteiger partial charge in [-0.25, -0.2) is 8.42 Å². The fourth-order valence-corrected chi connectivity index (χ4v) is 3.78. The second kappa shape index (κ2) is 7.16. The summed E-state index contributed by atoms with van der Waals surface area (Å²) in [6, 6.07) is 7.10. The Bertz CT molecular complexity index is 448. The lowest BCUT2D eigenvalue weighted by Crippen LogP contribution is -2.32. The molecule has 0 radical (unpaired) electrons. The van der Waals surface area contributed by atoms with E-state index in [9.17, 15) is 8.42 Å². The summed E-state index contributed by atoms with van der Waals surface area (Å²) in [4.78, 5) is 1.47. The molecule has 0 aliphatic heterocycles. The monoisotopic (exact) mass is 287 g/mol. The van der Waals surface area contributed by atoms with E-state index in [4.69, 9.17) is 0 Å². The summed E-state index contributed by atoms with van der Waals surface area (Å²) < 4.78 is 26.4. The predicted octanol–water partition coefficient (Wildman–Crippen LogP) is 3.22. The van der Waals surface area contributed by atoms with Gasteiger partial charge in [0.25, 0.3) is 0 Å². The molecule has 0 saturated carbocycles. The van der Waals surface area contributed by atoms with Crippen LogP contribution in [-0.4, -0.2) is 32.1 Å². The maximum absolute atomic E-state index is 12.4. The van der Waals surface area contributed by atoms with E-state index in [0.29, 0.717) is 18.0 Å². The fourth-order valence-electron chi connectivity index (χ4n) is 1.75. The molecule has 0 amide bonds. The number of hydrogen-bond donors (Lipinski definition) is 0. The second-order valence-corrected chi connectivity index (χ2v) is 6.90. The first-order valence-corrected chi connectivity index (χ1v) is 8.87. The van der Waals surface area contributed by atoms with Gasteiger partial charge < -0.3 is 0 Å².